The molecule has 0 saturated heterocycles. The third-order valence-corrected chi connectivity index (χ3v) is 2.90. The van der Waals surface area contributed by atoms with Crippen molar-refractivity contribution in [3.8, 4) is 11.5 Å². The quantitative estimate of drug-likeness (QED) is 0.740. The summed E-state index contributed by atoms with van der Waals surface area (Å²) in [6.45, 7) is 1.68. The Hall–Kier alpha value is -1.55. The van der Waals surface area contributed by atoms with Crippen LogP contribution < -0.4 is 4.74 Å². The Morgan fingerprint density at radius 1 is 1.56 bits per heavy atom. The molecule has 1 aromatic rings. The van der Waals surface area contributed by atoms with Gasteiger partial charge in [0.1, 0.15) is 17.6 Å². The van der Waals surface area contributed by atoms with Gasteiger partial charge in [-0.3, -0.25) is 4.79 Å². The number of aliphatic hydroxyl groups excluding tert-OH is 1. The first-order valence-electron chi connectivity index (χ1n) is 5.28. The van der Waals surface area contributed by atoms with Crippen LogP contribution in [-0.4, -0.2) is 28.7 Å². The van der Waals surface area contributed by atoms with Gasteiger partial charge < -0.3 is 14.9 Å². The minimum atomic E-state index is -0.540. The second kappa shape index (κ2) is 4.14. The topological polar surface area (TPSA) is 66.8 Å². The molecule has 2 rings (SSSR count). The second-order valence-corrected chi connectivity index (χ2v) is 4.03. The first-order chi connectivity index (χ1) is 7.63. The zero-order valence-electron chi connectivity index (χ0n) is 9.01. The molecule has 2 atom stereocenters. The van der Waals surface area contributed by atoms with Crippen LogP contribution in [0.2, 0.25) is 0 Å². The van der Waals surface area contributed by atoms with Gasteiger partial charge in [-0.25, -0.2) is 0 Å². The number of aromatic hydroxyl groups is 1. The third kappa shape index (κ3) is 1.76. The minimum absolute atomic E-state index is 0.0205. The van der Waals surface area contributed by atoms with Crippen molar-refractivity contribution in [1.29, 1.82) is 0 Å². The molecule has 0 radical (unpaired) electrons. The molecule has 0 spiro atoms. The summed E-state index contributed by atoms with van der Waals surface area (Å²) in [5, 5.41) is 18.9. The molecule has 1 aliphatic heterocycles. The highest BCUT2D eigenvalue weighted by atomic mass is 16.5. The zero-order chi connectivity index (χ0) is 11.7. The van der Waals surface area contributed by atoms with Crippen molar-refractivity contribution in [2.24, 2.45) is 0 Å². The number of aldehydes is 1. The van der Waals surface area contributed by atoms with Gasteiger partial charge in [0.2, 0.25) is 0 Å². The first-order valence-corrected chi connectivity index (χ1v) is 5.28. The van der Waals surface area contributed by atoms with Crippen LogP contribution in [0.3, 0.4) is 0 Å². The Labute approximate surface area is 93.5 Å². The van der Waals surface area contributed by atoms with Crippen LogP contribution >= 0.6 is 0 Å². The number of phenols is 1. The summed E-state index contributed by atoms with van der Waals surface area (Å²) >= 11 is 0. The van der Waals surface area contributed by atoms with Crippen LogP contribution in [0.4, 0.5) is 0 Å². The predicted molar refractivity (Wildman–Crippen MR) is 57.9 cm³/mol. The highest BCUT2D eigenvalue weighted by molar-refractivity contribution is 5.83. The van der Waals surface area contributed by atoms with Crippen molar-refractivity contribution in [1.82, 2.24) is 0 Å². The van der Waals surface area contributed by atoms with Crippen molar-refractivity contribution in [3.05, 3.63) is 23.3 Å². The molecule has 0 aliphatic carbocycles. The average Bonchev–Trinajstić information content (AvgIpc) is 2.28. The molecule has 4 nitrogen and oxygen atoms in total. The van der Waals surface area contributed by atoms with E-state index in [2.05, 4.69) is 0 Å². The normalized spacial score (nSPS) is 20.8. The number of fused-ring (bicyclic) bond motifs is 1. The van der Waals surface area contributed by atoms with Gasteiger partial charge in [-0.15, -0.1) is 0 Å². The van der Waals surface area contributed by atoms with Gasteiger partial charge in [-0.2, -0.15) is 0 Å². The maximum absolute atomic E-state index is 10.8. The van der Waals surface area contributed by atoms with Crippen LogP contribution in [0, 0.1) is 0 Å². The maximum atomic E-state index is 10.8. The lowest BCUT2D eigenvalue weighted by molar-refractivity contribution is 0.0355. The van der Waals surface area contributed by atoms with Crippen molar-refractivity contribution >= 4 is 6.29 Å². The third-order valence-electron chi connectivity index (χ3n) is 2.90. The first kappa shape index (κ1) is 11.0. The molecule has 0 aromatic heterocycles. The van der Waals surface area contributed by atoms with Gasteiger partial charge in [0.15, 0.2) is 6.29 Å². The lowest BCUT2D eigenvalue weighted by Gasteiger charge is -2.28. The summed E-state index contributed by atoms with van der Waals surface area (Å²) in [6, 6.07) is 3.07. The summed E-state index contributed by atoms with van der Waals surface area (Å²) in [6.07, 6.45) is 1.14. The number of benzene rings is 1. The summed E-state index contributed by atoms with van der Waals surface area (Å²) in [4.78, 5) is 10.8. The summed E-state index contributed by atoms with van der Waals surface area (Å²) in [5.74, 6) is 0.560. The number of carbonyl (C=O) groups excluding carboxylic acids is 1. The van der Waals surface area contributed by atoms with E-state index in [1.165, 1.54) is 6.07 Å². The van der Waals surface area contributed by atoms with Gasteiger partial charge >= 0.3 is 0 Å². The molecule has 0 bridgehead atoms. The molecule has 0 saturated carbocycles. The Morgan fingerprint density at radius 3 is 2.94 bits per heavy atom. The van der Waals surface area contributed by atoms with E-state index in [0.717, 1.165) is 5.56 Å². The molecule has 1 aliphatic rings. The number of ether oxygens (including phenoxy) is 1. The van der Waals surface area contributed by atoms with Crippen molar-refractivity contribution in [3.63, 3.8) is 0 Å². The largest absolute Gasteiger partial charge is 0.507 e. The molecule has 4 heteroatoms. The minimum Gasteiger partial charge on any atom is -0.507 e. The molecule has 2 unspecified atom stereocenters. The summed E-state index contributed by atoms with van der Waals surface area (Å²) in [5.41, 5.74) is 1.02. The Kier molecular flexibility index (Phi) is 2.83. The van der Waals surface area contributed by atoms with Crippen LogP contribution in [0.15, 0.2) is 12.1 Å². The number of carbonyl (C=O) groups is 1. The van der Waals surface area contributed by atoms with Crippen LogP contribution in [0.1, 0.15) is 29.3 Å². The van der Waals surface area contributed by atoms with Gasteiger partial charge in [-0.05, 0) is 31.9 Å². The van der Waals surface area contributed by atoms with Crippen molar-refractivity contribution < 1.29 is 19.7 Å². The Bertz CT molecular complexity index is 412. The molecule has 0 amide bonds. The zero-order valence-corrected chi connectivity index (χ0v) is 9.01. The molecular weight excluding hydrogens is 208 g/mol. The van der Waals surface area contributed by atoms with E-state index in [-0.39, 0.29) is 11.9 Å². The van der Waals surface area contributed by atoms with E-state index in [1.54, 1.807) is 13.0 Å². The van der Waals surface area contributed by atoms with Crippen LogP contribution in [-0.2, 0) is 6.42 Å². The SMILES string of the molecule is CC(O)C1CCc2c(ccc(O)c2C=O)O1. The van der Waals surface area contributed by atoms with E-state index in [0.29, 0.717) is 30.4 Å². The number of rotatable bonds is 2. The average molecular weight is 222 g/mol. The van der Waals surface area contributed by atoms with E-state index < -0.39 is 6.10 Å². The fourth-order valence-corrected chi connectivity index (χ4v) is 1.98. The summed E-state index contributed by atoms with van der Waals surface area (Å²) in [7, 11) is 0. The highest BCUT2D eigenvalue weighted by Crippen LogP contribution is 2.34. The maximum Gasteiger partial charge on any atom is 0.154 e. The van der Waals surface area contributed by atoms with Gasteiger partial charge in [0.25, 0.3) is 0 Å². The molecule has 1 heterocycles. The number of hydrogen-bond donors (Lipinski definition) is 2. The molecule has 2 N–H and O–H groups in total. The number of aliphatic hydroxyl groups is 1. The van der Waals surface area contributed by atoms with E-state index in [9.17, 15) is 15.0 Å². The van der Waals surface area contributed by atoms with Gasteiger partial charge in [0.05, 0.1) is 11.7 Å². The van der Waals surface area contributed by atoms with Crippen LogP contribution in [0.5, 0.6) is 11.5 Å². The van der Waals surface area contributed by atoms with E-state index >= 15 is 0 Å². The number of hydrogen-bond acceptors (Lipinski definition) is 4. The van der Waals surface area contributed by atoms with E-state index in [1.807, 2.05) is 0 Å². The fourth-order valence-electron chi connectivity index (χ4n) is 1.98. The molecule has 16 heavy (non-hydrogen) atoms. The fraction of sp³-hybridized carbons (Fsp3) is 0.417. The molecule has 1 aromatic carbocycles. The second-order valence-electron chi connectivity index (χ2n) is 4.03. The lowest BCUT2D eigenvalue weighted by Crippen LogP contribution is -2.33. The lowest BCUT2D eigenvalue weighted by atomic mass is 9.95. The van der Waals surface area contributed by atoms with Gasteiger partial charge in [0, 0.05) is 5.56 Å². The monoisotopic (exact) mass is 222 g/mol. The molecule has 86 valence electrons. The summed E-state index contributed by atoms with van der Waals surface area (Å²) < 4.78 is 5.57. The standard InChI is InChI=1S/C12H14O4/c1-7(14)11-4-2-8-9(6-13)10(15)3-5-12(8)16-11/h3,5-7,11,14-15H,2,4H2,1H3. The predicted octanol–water partition coefficient (Wildman–Crippen LogP) is 1.28. The molecular formula is C12H14O4. The Morgan fingerprint density at radius 2 is 2.31 bits per heavy atom. The number of phenolic OH excluding ortho intramolecular Hbond substituents is 1. The Balaban J connectivity index is 2.38. The van der Waals surface area contributed by atoms with E-state index in [4.69, 9.17) is 4.74 Å². The highest BCUT2D eigenvalue weighted by Gasteiger charge is 2.26. The van der Waals surface area contributed by atoms with Gasteiger partial charge in [-0.1, -0.05) is 0 Å². The smallest absolute Gasteiger partial charge is 0.154 e. The molecule has 0 fully saturated rings. The van der Waals surface area contributed by atoms with Crippen LogP contribution in [0.25, 0.3) is 0 Å². The van der Waals surface area contributed by atoms with Crippen molar-refractivity contribution in [2.45, 2.75) is 32.0 Å². The van der Waals surface area contributed by atoms with Crippen molar-refractivity contribution in [2.75, 3.05) is 0 Å².